The Labute approximate surface area is 156 Å². The Balaban J connectivity index is 1.64. The Kier molecular flexibility index (Phi) is 4.71. The van der Waals surface area contributed by atoms with E-state index in [2.05, 4.69) is 38.7 Å². The molecule has 0 saturated carbocycles. The zero-order valence-corrected chi connectivity index (χ0v) is 14.7. The molecule has 4 rings (SSSR count). The maximum atomic E-state index is 6.24. The van der Waals surface area contributed by atoms with Crippen LogP contribution in [0, 0.1) is 0 Å². The number of hydrogen-bond donors (Lipinski definition) is 2. The van der Waals surface area contributed by atoms with Gasteiger partial charge in [0.1, 0.15) is 18.7 Å². The predicted octanol–water partition coefficient (Wildman–Crippen LogP) is 4.80. The third-order valence-corrected chi connectivity index (χ3v) is 4.55. The highest BCUT2D eigenvalue weighted by Crippen LogP contribution is 2.30. The normalized spacial score (nSPS) is 10.8. The van der Waals surface area contributed by atoms with Crippen LogP contribution in [0.3, 0.4) is 0 Å². The number of nitrogens with zero attached hydrogens (tertiary/aromatic N) is 2. The molecule has 0 aliphatic rings. The lowest BCUT2D eigenvalue weighted by Gasteiger charge is -2.15. The second-order valence-electron chi connectivity index (χ2n) is 5.83. The molecule has 130 valence electrons. The summed E-state index contributed by atoms with van der Waals surface area (Å²) in [5.74, 6) is 1.44. The highest BCUT2D eigenvalue weighted by Gasteiger charge is 2.10. The van der Waals surface area contributed by atoms with E-state index in [0.29, 0.717) is 24.1 Å². The molecule has 6 heteroatoms. The Bertz CT molecular complexity index is 1020. The molecule has 0 bridgehead atoms. The average Bonchev–Trinajstić information content (AvgIpc) is 3.19. The molecule has 3 aromatic carbocycles. The summed E-state index contributed by atoms with van der Waals surface area (Å²) in [7, 11) is 0. The lowest BCUT2D eigenvalue weighted by Crippen LogP contribution is -2.05. The molecule has 0 amide bonds. The van der Waals surface area contributed by atoms with Crippen LogP contribution in [-0.2, 0) is 13.2 Å². The highest BCUT2D eigenvalue weighted by molar-refractivity contribution is 6.31. The van der Waals surface area contributed by atoms with Crippen molar-refractivity contribution in [3.05, 3.63) is 83.1 Å². The summed E-state index contributed by atoms with van der Waals surface area (Å²) in [6.45, 7) is 0.974. The molecule has 2 N–H and O–H groups in total. The van der Waals surface area contributed by atoms with Crippen LogP contribution >= 0.6 is 11.6 Å². The fraction of sp³-hybridized carbons (Fsp3) is 0.100. The van der Waals surface area contributed by atoms with Crippen LogP contribution in [-0.4, -0.2) is 15.2 Å². The van der Waals surface area contributed by atoms with Gasteiger partial charge in [-0.1, -0.05) is 60.1 Å². The minimum absolute atomic E-state index is 0.410. The molecule has 1 aromatic heterocycles. The van der Waals surface area contributed by atoms with Gasteiger partial charge in [0.25, 0.3) is 0 Å². The minimum Gasteiger partial charge on any atom is -0.488 e. The first-order chi connectivity index (χ1) is 12.8. The van der Waals surface area contributed by atoms with Gasteiger partial charge in [-0.05, 0) is 22.9 Å². The molecule has 26 heavy (non-hydrogen) atoms. The largest absolute Gasteiger partial charge is 0.488 e. The lowest BCUT2D eigenvalue weighted by atomic mass is 10.0. The van der Waals surface area contributed by atoms with E-state index in [1.54, 1.807) is 0 Å². The second kappa shape index (κ2) is 7.45. The number of ether oxygens (including phenoxy) is 1. The smallest absolute Gasteiger partial charge is 0.218 e. The first-order valence-electron chi connectivity index (χ1n) is 8.27. The molecule has 0 atom stereocenters. The number of aromatic amines is 1. The number of H-pyrrole nitrogens is 1. The Morgan fingerprint density at radius 2 is 1.85 bits per heavy atom. The van der Waals surface area contributed by atoms with Crippen LogP contribution in [0.25, 0.3) is 10.8 Å². The number of rotatable bonds is 6. The number of anilines is 1. The summed E-state index contributed by atoms with van der Waals surface area (Å²) in [6.07, 6.45) is 1.47. The summed E-state index contributed by atoms with van der Waals surface area (Å²) in [5, 5.41) is 12.9. The Morgan fingerprint density at radius 3 is 2.69 bits per heavy atom. The number of aromatic nitrogens is 3. The number of halogens is 1. The topological polar surface area (TPSA) is 62.8 Å². The fourth-order valence-electron chi connectivity index (χ4n) is 2.87. The van der Waals surface area contributed by atoms with Crippen LogP contribution < -0.4 is 10.1 Å². The van der Waals surface area contributed by atoms with Gasteiger partial charge in [0.2, 0.25) is 5.95 Å². The van der Waals surface area contributed by atoms with Crippen LogP contribution in [0.2, 0.25) is 5.02 Å². The first-order valence-corrected chi connectivity index (χ1v) is 8.65. The van der Waals surface area contributed by atoms with Gasteiger partial charge in [-0.2, -0.15) is 5.10 Å². The summed E-state index contributed by atoms with van der Waals surface area (Å²) in [6, 6.07) is 20.0. The van der Waals surface area contributed by atoms with Crippen LogP contribution in [0.15, 0.2) is 67.0 Å². The van der Waals surface area contributed by atoms with E-state index >= 15 is 0 Å². The summed E-state index contributed by atoms with van der Waals surface area (Å²) in [4.78, 5) is 4.11. The monoisotopic (exact) mass is 364 g/mol. The maximum Gasteiger partial charge on any atom is 0.218 e. The minimum atomic E-state index is 0.410. The van der Waals surface area contributed by atoms with Crippen molar-refractivity contribution < 1.29 is 4.74 Å². The quantitative estimate of drug-likeness (QED) is 0.515. The molecular weight excluding hydrogens is 348 g/mol. The Hall–Kier alpha value is -3.05. The van der Waals surface area contributed by atoms with Gasteiger partial charge in [-0.3, -0.25) is 0 Å². The summed E-state index contributed by atoms with van der Waals surface area (Å²) in [5.41, 5.74) is 2.02. The van der Waals surface area contributed by atoms with Crippen LogP contribution in [0.5, 0.6) is 5.75 Å². The molecule has 0 unspecified atom stereocenters. The summed E-state index contributed by atoms with van der Waals surface area (Å²) >= 11 is 6.24. The van der Waals surface area contributed by atoms with Gasteiger partial charge in [-0.25, -0.2) is 10.1 Å². The molecular formula is C20H17ClN4O. The van der Waals surface area contributed by atoms with E-state index < -0.39 is 0 Å². The molecule has 0 radical (unpaired) electrons. The fourth-order valence-corrected chi connectivity index (χ4v) is 3.06. The van der Waals surface area contributed by atoms with Crippen molar-refractivity contribution in [2.24, 2.45) is 0 Å². The molecule has 0 aliphatic heterocycles. The van der Waals surface area contributed by atoms with Crippen molar-refractivity contribution in [2.75, 3.05) is 5.32 Å². The SMILES string of the molecule is Clc1ccccc1COc1ccc2ccccc2c1CNc1ncn[nH]1. The highest BCUT2D eigenvalue weighted by atomic mass is 35.5. The van der Waals surface area contributed by atoms with Gasteiger partial charge in [0.05, 0.1) is 0 Å². The zero-order valence-electron chi connectivity index (χ0n) is 13.9. The van der Waals surface area contributed by atoms with E-state index in [1.165, 1.54) is 6.33 Å². The molecule has 0 aliphatic carbocycles. The lowest BCUT2D eigenvalue weighted by molar-refractivity contribution is 0.304. The van der Waals surface area contributed by atoms with Gasteiger partial charge in [0, 0.05) is 22.7 Å². The molecule has 1 heterocycles. The van der Waals surface area contributed by atoms with E-state index in [9.17, 15) is 0 Å². The van der Waals surface area contributed by atoms with E-state index in [4.69, 9.17) is 16.3 Å². The number of nitrogens with one attached hydrogen (secondary N) is 2. The van der Waals surface area contributed by atoms with Crippen molar-refractivity contribution >= 4 is 28.3 Å². The van der Waals surface area contributed by atoms with Crippen LogP contribution in [0.4, 0.5) is 5.95 Å². The Morgan fingerprint density at radius 1 is 1.00 bits per heavy atom. The average molecular weight is 365 g/mol. The van der Waals surface area contributed by atoms with Crippen molar-refractivity contribution in [1.82, 2.24) is 15.2 Å². The van der Waals surface area contributed by atoms with Gasteiger partial charge in [-0.15, -0.1) is 0 Å². The third-order valence-electron chi connectivity index (χ3n) is 4.19. The van der Waals surface area contributed by atoms with Gasteiger partial charge < -0.3 is 10.1 Å². The predicted molar refractivity (Wildman–Crippen MR) is 103 cm³/mol. The van der Waals surface area contributed by atoms with E-state index in [-0.39, 0.29) is 0 Å². The van der Waals surface area contributed by atoms with Crippen molar-refractivity contribution in [3.8, 4) is 5.75 Å². The van der Waals surface area contributed by atoms with Crippen molar-refractivity contribution in [3.63, 3.8) is 0 Å². The molecule has 5 nitrogen and oxygen atoms in total. The number of fused-ring (bicyclic) bond motifs is 1. The molecule has 0 saturated heterocycles. The van der Waals surface area contributed by atoms with Gasteiger partial charge in [0.15, 0.2) is 0 Å². The third kappa shape index (κ3) is 3.48. The van der Waals surface area contributed by atoms with Crippen molar-refractivity contribution in [2.45, 2.75) is 13.2 Å². The molecule has 0 spiro atoms. The first kappa shape index (κ1) is 16.4. The standard InChI is InChI=1S/C20H17ClN4O/c21-18-8-4-2-6-15(18)12-26-19-10-9-14-5-1-3-7-16(14)17(19)11-22-20-23-13-24-25-20/h1-10,13H,11-12H2,(H2,22,23,24,25). The molecule has 0 fully saturated rings. The van der Waals surface area contributed by atoms with E-state index in [1.807, 2.05) is 42.5 Å². The number of hydrogen-bond acceptors (Lipinski definition) is 4. The number of benzene rings is 3. The summed E-state index contributed by atoms with van der Waals surface area (Å²) < 4.78 is 6.11. The van der Waals surface area contributed by atoms with Crippen LogP contribution in [0.1, 0.15) is 11.1 Å². The molecule has 4 aromatic rings. The van der Waals surface area contributed by atoms with Crippen molar-refractivity contribution in [1.29, 1.82) is 0 Å². The van der Waals surface area contributed by atoms with Gasteiger partial charge >= 0.3 is 0 Å². The maximum absolute atomic E-state index is 6.24. The zero-order chi connectivity index (χ0) is 17.8. The second-order valence-corrected chi connectivity index (χ2v) is 6.24. The van der Waals surface area contributed by atoms with E-state index in [0.717, 1.165) is 27.6 Å².